The van der Waals surface area contributed by atoms with Gasteiger partial charge in [0.15, 0.2) is 0 Å². The number of nitrogens with one attached hydrogen (secondary N) is 3. The summed E-state index contributed by atoms with van der Waals surface area (Å²) in [6, 6.07) is 14.4. The summed E-state index contributed by atoms with van der Waals surface area (Å²) in [6.45, 7) is 11.1. The van der Waals surface area contributed by atoms with Crippen molar-refractivity contribution >= 4 is 23.6 Å². The van der Waals surface area contributed by atoms with Crippen LogP contribution in [0.1, 0.15) is 50.4 Å². The van der Waals surface area contributed by atoms with Crippen molar-refractivity contribution in [2.24, 2.45) is 0 Å². The molecule has 2 rings (SSSR count). The minimum Gasteiger partial charge on any atom is -0.444 e. The molecule has 0 aliphatic heterocycles. The van der Waals surface area contributed by atoms with E-state index in [1.807, 2.05) is 31.2 Å². The summed E-state index contributed by atoms with van der Waals surface area (Å²) in [7, 11) is 0. The van der Waals surface area contributed by atoms with Gasteiger partial charge in [0.25, 0.3) is 0 Å². The number of para-hydroxylation sites is 1. The molecule has 3 N–H and O–H groups in total. The van der Waals surface area contributed by atoms with E-state index < -0.39 is 17.7 Å². The van der Waals surface area contributed by atoms with Gasteiger partial charge in [0.2, 0.25) is 11.8 Å². The average molecular weight is 452 g/mol. The Labute approximate surface area is 195 Å². The number of ether oxygens (including phenoxy) is 1. The van der Waals surface area contributed by atoms with Gasteiger partial charge in [0.05, 0.1) is 12.5 Å². The van der Waals surface area contributed by atoms with E-state index in [2.05, 4.69) is 22.5 Å². The Morgan fingerprint density at radius 2 is 1.67 bits per heavy atom. The Balaban J connectivity index is 2.14. The first-order valence-corrected chi connectivity index (χ1v) is 11.0. The molecule has 33 heavy (non-hydrogen) atoms. The highest BCUT2D eigenvalue weighted by Crippen LogP contribution is 2.20. The highest BCUT2D eigenvalue weighted by molar-refractivity contribution is 5.99. The largest absolute Gasteiger partial charge is 0.444 e. The lowest BCUT2D eigenvalue weighted by atomic mass is 9.98. The molecule has 7 heteroatoms. The van der Waals surface area contributed by atoms with E-state index in [1.165, 1.54) is 6.08 Å². The summed E-state index contributed by atoms with van der Waals surface area (Å²) < 4.78 is 5.42. The van der Waals surface area contributed by atoms with Gasteiger partial charge < -0.3 is 20.7 Å². The van der Waals surface area contributed by atoms with Crippen molar-refractivity contribution in [3.05, 3.63) is 77.9 Å². The van der Waals surface area contributed by atoms with Crippen LogP contribution < -0.4 is 16.0 Å². The molecule has 7 nitrogen and oxygen atoms in total. The topological polar surface area (TPSA) is 96.5 Å². The Kier molecular flexibility index (Phi) is 9.21. The Bertz CT molecular complexity index is 995. The van der Waals surface area contributed by atoms with Crippen LogP contribution in [0.25, 0.3) is 0 Å². The van der Waals surface area contributed by atoms with E-state index in [0.29, 0.717) is 11.3 Å². The van der Waals surface area contributed by atoms with Crippen molar-refractivity contribution in [1.29, 1.82) is 0 Å². The van der Waals surface area contributed by atoms with Crippen LogP contribution in [0.2, 0.25) is 0 Å². The molecule has 2 aromatic rings. The van der Waals surface area contributed by atoms with Crippen molar-refractivity contribution in [3.8, 4) is 0 Å². The molecule has 0 aromatic heterocycles. The van der Waals surface area contributed by atoms with Gasteiger partial charge in [-0.3, -0.25) is 9.59 Å². The molecule has 0 saturated heterocycles. The van der Waals surface area contributed by atoms with Crippen LogP contribution in [0, 0.1) is 0 Å². The number of carbonyl (C=O) groups is 3. The molecule has 0 aliphatic carbocycles. The van der Waals surface area contributed by atoms with E-state index in [4.69, 9.17) is 4.74 Å². The number of benzene rings is 2. The number of hydrogen-bond donors (Lipinski definition) is 3. The van der Waals surface area contributed by atoms with Crippen LogP contribution in [0.5, 0.6) is 0 Å². The number of anilines is 1. The highest BCUT2D eigenvalue weighted by atomic mass is 16.6. The first-order valence-electron chi connectivity index (χ1n) is 11.0. The van der Waals surface area contributed by atoms with Crippen LogP contribution in [0.4, 0.5) is 10.5 Å². The monoisotopic (exact) mass is 451 g/mol. The van der Waals surface area contributed by atoms with Crippen LogP contribution in [0.3, 0.4) is 0 Å². The van der Waals surface area contributed by atoms with E-state index in [0.717, 1.165) is 17.5 Å². The van der Waals surface area contributed by atoms with Gasteiger partial charge in [-0.05, 0) is 56.0 Å². The molecular weight excluding hydrogens is 418 g/mol. The molecule has 0 spiro atoms. The summed E-state index contributed by atoms with van der Waals surface area (Å²) in [5.41, 5.74) is 2.59. The molecule has 0 saturated carbocycles. The second-order valence-corrected chi connectivity index (χ2v) is 8.58. The maximum absolute atomic E-state index is 12.7. The number of amides is 3. The second-order valence-electron chi connectivity index (χ2n) is 8.58. The van der Waals surface area contributed by atoms with Gasteiger partial charge >= 0.3 is 6.09 Å². The standard InChI is InChI=1S/C26H33N3O4/c1-6-18-12-8-10-14-20(18)22(29-25(32)33-26(3,4)5)17-27-24(31)16-19-13-9-11-15-21(19)28-23(30)7-2/h7-15,22H,2,6,16-17H2,1,3-5H3,(H,27,31)(H,28,30)(H,29,32). The molecule has 0 aliphatic rings. The quantitative estimate of drug-likeness (QED) is 0.495. The fraction of sp³-hybridized carbons (Fsp3) is 0.346. The third-order valence-corrected chi connectivity index (χ3v) is 4.82. The highest BCUT2D eigenvalue weighted by Gasteiger charge is 2.22. The lowest BCUT2D eigenvalue weighted by Crippen LogP contribution is -2.41. The molecule has 0 heterocycles. The summed E-state index contributed by atoms with van der Waals surface area (Å²) in [6.07, 6.45) is 1.48. The van der Waals surface area contributed by atoms with Crippen LogP contribution in [-0.2, 0) is 27.2 Å². The third-order valence-electron chi connectivity index (χ3n) is 4.82. The van der Waals surface area contributed by atoms with Crippen molar-refractivity contribution < 1.29 is 19.1 Å². The summed E-state index contributed by atoms with van der Waals surface area (Å²) >= 11 is 0. The first kappa shape index (κ1) is 25.6. The zero-order valence-electron chi connectivity index (χ0n) is 19.7. The Morgan fingerprint density at radius 3 is 2.30 bits per heavy atom. The maximum Gasteiger partial charge on any atom is 0.408 e. The summed E-state index contributed by atoms with van der Waals surface area (Å²) in [5.74, 6) is -0.582. The molecular formula is C26H33N3O4. The SMILES string of the molecule is C=CC(=O)Nc1ccccc1CC(=O)NCC(NC(=O)OC(C)(C)C)c1ccccc1CC. The molecule has 0 bridgehead atoms. The third kappa shape index (κ3) is 8.44. The first-order chi connectivity index (χ1) is 15.6. The number of aryl methyl sites for hydroxylation is 1. The maximum atomic E-state index is 12.7. The summed E-state index contributed by atoms with van der Waals surface area (Å²) in [5, 5.41) is 8.50. The summed E-state index contributed by atoms with van der Waals surface area (Å²) in [4.78, 5) is 36.9. The van der Waals surface area contributed by atoms with Gasteiger partial charge in [0, 0.05) is 12.2 Å². The van der Waals surface area contributed by atoms with Crippen LogP contribution in [0.15, 0.2) is 61.2 Å². The molecule has 176 valence electrons. The van der Waals surface area contributed by atoms with Crippen molar-refractivity contribution in [2.45, 2.75) is 52.2 Å². The normalized spacial score (nSPS) is 11.8. The smallest absolute Gasteiger partial charge is 0.408 e. The van der Waals surface area contributed by atoms with Gasteiger partial charge in [0.1, 0.15) is 5.60 Å². The zero-order chi connectivity index (χ0) is 24.4. The van der Waals surface area contributed by atoms with Gasteiger partial charge in [-0.1, -0.05) is 56.0 Å². The van der Waals surface area contributed by atoms with Gasteiger partial charge in [-0.25, -0.2) is 4.79 Å². The lowest BCUT2D eigenvalue weighted by Gasteiger charge is -2.25. The van der Waals surface area contributed by atoms with Crippen LogP contribution >= 0.6 is 0 Å². The second kappa shape index (κ2) is 11.9. The number of carbonyl (C=O) groups excluding carboxylic acids is 3. The zero-order valence-corrected chi connectivity index (χ0v) is 19.7. The minimum absolute atomic E-state index is 0.0716. The number of hydrogen-bond acceptors (Lipinski definition) is 4. The molecule has 1 atom stereocenters. The number of alkyl carbamates (subject to hydrolysis) is 1. The van der Waals surface area contributed by atoms with E-state index in [-0.39, 0.29) is 24.8 Å². The van der Waals surface area contributed by atoms with Crippen molar-refractivity contribution in [3.63, 3.8) is 0 Å². The predicted octanol–water partition coefficient (Wildman–Crippen LogP) is 4.30. The number of rotatable bonds is 9. The predicted molar refractivity (Wildman–Crippen MR) is 130 cm³/mol. The Morgan fingerprint density at radius 1 is 1.03 bits per heavy atom. The van der Waals surface area contributed by atoms with Gasteiger partial charge in [-0.2, -0.15) is 0 Å². The molecule has 2 aromatic carbocycles. The minimum atomic E-state index is -0.637. The van der Waals surface area contributed by atoms with E-state index in [1.54, 1.807) is 45.0 Å². The van der Waals surface area contributed by atoms with Gasteiger partial charge in [-0.15, -0.1) is 0 Å². The average Bonchev–Trinajstić information content (AvgIpc) is 2.76. The Hall–Kier alpha value is -3.61. The lowest BCUT2D eigenvalue weighted by molar-refractivity contribution is -0.120. The van der Waals surface area contributed by atoms with Crippen molar-refractivity contribution in [1.82, 2.24) is 10.6 Å². The fourth-order valence-electron chi connectivity index (χ4n) is 3.32. The van der Waals surface area contributed by atoms with E-state index >= 15 is 0 Å². The molecule has 0 fully saturated rings. The fourth-order valence-corrected chi connectivity index (χ4v) is 3.32. The molecule has 0 radical (unpaired) electrons. The van der Waals surface area contributed by atoms with Crippen molar-refractivity contribution in [2.75, 3.05) is 11.9 Å². The van der Waals surface area contributed by atoms with Crippen LogP contribution in [-0.4, -0.2) is 30.1 Å². The molecule has 1 unspecified atom stereocenters. The van der Waals surface area contributed by atoms with E-state index in [9.17, 15) is 14.4 Å². The molecule has 3 amide bonds.